The van der Waals surface area contributed by atoms with Crippen molar-refractivity contribution in [3.63, 3.8) is 0 Å². The third kappa shape index (κ3) is 3.10. The molecule has 3 N–H and O–H groups in total. The van der Waals surface area contributed by atoms with Gasteiger partial charge in [-0.2, -0.15) is 0 Å². The molecule has 1 unspecified atom stereocenters. The molecule has 0 amide bonds. The lowest BCUT2D eigenvalue weighted by atomic mass is 9.75. The molecule has 0 fully saturated rings. The Balaban J connectivity index is 1.58. The van der Waals surface area contributed by atoms with Gasteiger partial charge in [-0.25, -0.2) is 9.36 Å². The first kappa shape index (κ1) is 21.5. The van der Waals surface area contributed by atoms with E-state index in [1.165, 1.54) is 9.36 Å². The highest BCUT2D eigenvalue weighted by molar-refractivity contribution is 6.32. The van der Waals surface area contributed by atoms with Crippen LogP contribution in [0.4, 0.5) is 0 Å². The zero-order valence-electron chi connectivity index (χ0n) is 19.3. The zero-order chi connectivity index (χ0) is 24.3. The van der Waals surface area contributed by atoms with E-state index in [1.54, 1.807) is 38.1 Å². The molecule has 4 aromatic rings. The van der Waals surface area contributed by atoms with E-state index in [-0.39, 0.29) is 22.5 Å². The van der Waals surface area contributed by atoms with Crippen molar-refractivity contribution in [3.8, 4) is 11.4 Å². The Hall–Kier alpha value is -4.33. The fourth-order valence-corrected chi connectivity index (χ4v) is 4.47. The topological polar surface area (TPSA) is 113 Å². The number of hydrogen-bond donors (Lipinski definition) is 3. The van der Waals surface area contributed by atoms with Gasteiger partial charge in [-0.05, 0) is 52.0 Å². The summed E-state index contributed by atoms with van der Waals surface area (Å²) in [6.45, 7) is 7.26. The Morgan fingerprint density at radius 3 is 1.68 bits per heavy atom. The molecule has 2 heterocycles. The average Bonchev–Trinajstić information content (AvgIpc) is 3.26. The monoisotopic (exact) mass is 456 g/mol. The van der Waals surface area contributed by atoms with Gasteiger partial charge in [-0.15, -0.1) is 0 Å². The van der Waals surface area contributed by atoms with E-state index >= 15 is 0 Å². The first-order chi connectivity index (χ1) is 16.2. The summed E-state index contributed by atoms with van der Waals surface area (Å²) in [7, 11) is 0. The van der Waals surface area contributed by atoms with E-state index in [9.17, 15) is 19.5 Å². The highest BCUT2D eigenvalue weighted by atomic mass is 16.3. The van der Waals surface area contributed by atoms with Crippen LogP contribution in [0.3, 0.4) is 0 Å². The number of aromatic nitrogens is 4. The number of hydrogen-bond acceptors (Lipinski definition) is 4. The molecule has 0 radical (unpaired) electrons. The van der Waals surface area contributed by atoms with Crippen molar-refractivity contribution in [2.24, 2.45) is 0 Å². The molecule has 0 saturated heterocycles. The molecular weight excluding hydrogens is 432 g/mol. The fraction of sp³-hybridized carbons (Fsp3) is 0.192. The second kappa shape index (κ2) is 7.62. The van der Waals surface area contributed by atoms with Crippen molar-refractivity contribution in [1.82, 2.24) is 19.6 Å². The van der Waals surface area contributed by atoms with E-state index in [0.29, 0.717) is 22.8 Å². The molecule has 2 aromatic carbocycles. The number of rotatable bonds is 4. The van der Waals surface area contributed by atoms with Crippen LogP contribution in [-0.2, 0) is 4.79 Å². The molecule has 0 saturated carbocycles. The van der Waals surface area contributed by atoms with Crippen LogP contribution < -0.4 is 11.1 Å². The van der Waals surface area contributed by atoms with Gasteiger partial charge in [-0.1, -0.05) is 35.4 Å². The lowest BCUT2D eigenvalue weighted by Gasteiger charge is -2.26. The third-order valence-corrected chi connectivity index (χ3v) is 6.35. The van der Waals surface area contributed by atoms with Crippen molar-refractivity contribution >= 4 is 11.4 Å². The van der Waals surface area contributed by atoms with Crippen LogP contribution in [0.5, 0.6) is 0 Å². The number of Topliss-reactive ketones (excluding diaryl/α,β-unsaturated/α-hetero) is 1. The molecule has 1 aliphatic rings. The summed E-state index contributed by atoms with van der Waals surface area (Å²) >= 11 is 0. The largest absolute Gasteiger partial charge is 0.510 e. The summed E-state index contributed by atoms with van der Waals surface area (Å²) in [6.07, 6.45) is 0. The third-order valence-electron chi connectivity index (χ3n) is 6.35. The first-order valence-corrected chi connectivity index (χ1v) is 10.9. The van der Waals surface area contributed by atoms with Gasteiger partial charge in [0, 0.05) is 11.4 Å². The average molecular weight is 457 g/mol. The summed E-state index contributed by atoms with van der Waals surface area (Å²) in [5.74, 6) is -1.83. The number of nitrogens with one attached hydrogen (secondary N) is 2. The van der Waals surface area contributed by atoms with Gasteiger partial charge in [0.15, 0.2) is 5.78 Å². The molecule has 5 rings (SSSR count). The molecule has 8 heteroatoms. The summed E-state index contributed by atoms with van der Waals surface area (Å²) in [5.41, 5.74) is 3.71. The second-order valence-electron chi connectivity index (χ2n) is 8.77. The molecule has 1 atom stereocenters. The summed E-state index contributed by atoms with van der Waals surface area (Å²) in [4.78, 5) is 39.5. The van der Waals surface area contributed by atoms with Crippen molar-refractivity contribution in [1.29, 1.82) is 0 Å². The number of H-pyrrole nitrogens is 2. The Kier molecular flexibility index (Phi) is 4.82. The number of allylic oxidation sites excluding steroid dienone is 2. The van der Waals surface area contributed by atoms with E-state index in [2.05, 4.69) is 10.2 Å². The Morgan fingerprint density at radius 1 is 0.706 bits per heavy atom. The molecule has 8 nitrogen and oxygen atoms in total. The molecule has 0 bridgehead atoms. The SMILES string of the molecule is Cc1ccc(-n2[nH]c(C)c(C3=C(O)C(c4c(C)[nH]n(-c5ccc(C)cc5)c4=O)C3=O)c2=O)cc1. The molecule has 1 aliphatic carbocycles. The quantitative estimate of drug-likeness (QED) is 0.436. The van der Waals surface area contributed by atoms with Crippen LogP contribution in [-0.4, -0.2) is 30.5 Å². The second-order valence-corrected chi connectivity index (χ2v) is 8.77. The van der Waals surface area contributed by atoms with Crippen molar-refractivity contribution in [3.05, 3.63) is 109 Å². The van der Waals surface area contributed by atoms with Crippen LogP contribution in [0.2, 0.25) is 0 Å². The van der Waals surface area contributed by atoms with Gasteiger partial charge in [0.25, 0.3) is 11.1 Å². The number of nitrogens with zero attached hydrogens (tertiary/aromatic N) is 2. The van der Waals surface area contributed by atoms with E-state index in [1.807, 2.05) is 38.1 Å². The number of aromatic amines is 2. The smallest absolute Gasteiger partial charge is 0.279 e. The van der Waals surface area contributed by atoms with E-state index < -0.39 is 22.8 Å². The Morgan fingerprint density at radius 2 is 1.18 bits per heavy atom. The summed E-state index contributed by atoms with van der Waals surface area (Å²) in [6, 6.07) is 14.7. The van der Waals surface area contributed by atoms with Gasteiger partial charge in [0.2, 0.25) is 0 Å². The highest BCUT2D eigenvalue weighted by Gasteiger charge is 2.46. The van der Waals surface area contributed by atoms with Crippen LogP contribution in [0.1, 0.15) is 39.6 Å². The van der Waals surface area contributed by atoms with Gasteiger partial charge in [-0.3, -0.25) is 24.6 Å². The minimum Gasteiger partial charge on any atom is -0.510 e. The van der Waals surface area contributed by atoms with Gasteiger partial charge in [0.1, 0.15) is 11.7 Å². The minimum absolute atomic E-state index is 0.0449. The van der Waals surface area contributed by atoms with Crippen LogP contribution in [0.25, 0.3) is 16.9 Å². The lowest BCUT2D eigenvalue weighted by Crippen LogP contribution is -2.35. The van der Waals surface area contributed by atoms with E-state index in [4.69, 9.17) is 0 Å². The number of aliphatic hydroxyl groups is 1. The van der Waals surface area contributed by atoms with Crippen LogP contribution in [0.15, 0.2) is 63.9 Å². The number of aliphatic hydroxyl groups excluding tert-OH is 1. The Labute approximate surface area is 194 Å². The standard InChI is InChI=1S/C26H24N4O4/c1-13-5-9-17(10-6-13)29-25(33)19(15(3)27-29)21-23(31)22(24(21)32)20-16(4)28-30(26(20)34)18-11-7-14(2)8-12-18/h5-12,21,27-28,31H,1-4H3. The molecule has 172 valence electrons. The lowest BCUT2D eigenvalue weighted by molar-refractivity contribution is -0.116. The zero-order valence-corrected chi connectivity index (χ0v) is 19.3. The van der Waals surface area contributed by atoms with E-state index in [0.717, 1.165) is 11.1 Å². The minimum atomic E-state index is -1.10. The maximum atomic E-state index is 13.2. The van der Waals surface area contributed by atoms with Gasteiger partial charge < -0.3 is 5.11 Å². The number of benzene rings is 2. The van der Waals surface area contributed by atoms with Gasteiger partial charge >= 0.3 is 0 Å². The molecular formula is C26H24N4O4. The number of ketones is 1. The van der Waals surface area contributed by atoms with Crippen molar-refractivity contribution < 1.29 is 9.90 Å². The predicted molar refractivity (Wildman–Crippen MR) is 129 cm³/mol. The number of carbonyl (C=O) groups is 1. The first-order valence-electron chi connectivity index (χ1n) is 10.9. The molecule has 0 spiro atoms. The molecule has 0 aliphatic heterocycles. The molecule has 2 aromatic heterocycles. The molecule has 34 heavy (non-hydrogen) atoms. The fourth-order valence-electron chi connectivity index (χ4n) is 4.47. The summed E-state index contributed by atoms with van der Waals surface area (Å²) in [5, 5.41) is 16.9. The number of carbonyl (C=O) groups excluding carboxylic acids is 1. The Bertz CT molecular complexity index is 1590. The number of aryl methyl sites for hydroxylation is 4. The van der Waals surface area contributed by atoms with Crippen molar-refractivity contribution in [2.75, 3.05) is 0 Å². The van der Waals surface area contributed by atoms with Gasteiger partial charge in [0.05, 0.1) is 28.1 Å². The normalized spacial score (nSPS) is 15.6. The van der Waals surface area contributed by atoms with Crippen LogP contribution >= 0.6 is 0 Å². The maximum absolute atomic E-state index is 13.2. The maximum Gasteiger partial charge on any atom is 0.279 e. The summed E-state index contributed by atoms with van der Waals surface area (Å²) < 4.78 is 2.70. The predicted octanol–water partition coefficient (Wildman–Crippen LogP) is 3.51. The van der Waals surface area contributed by atoms with Crippen molar-refractivity contribution in [2.45, 2.75) is 33.6 Å². The highest BCUT2D eigenvalue weighted by Crippen LogP contribution is 2.42. The van der Waals surface area contributed by atoms with Crippen LogP contribution in [0, 0.1) is 27.7 Å².